The molecule has 2 aromatic rings. The predicted molar refractivity (Wildman–Crippen MR) is 102 cm³/mol. The van der Waals surface area contributed by atoms with Crippen molar-refractivity contribution in [3.63, 3.8) is 0 Å². The van der Waals surface area contributed by atoms with Gasteiger partial charge in [-0.05, 0) is 17.7 Å². The van der Waals surface area contributed by atoms with Crippen molar-refractivity contribution < 1.29 is 4.42 Å². The molecule has 0 unspecified atom stereocenters. The lowest BCUT2D eigenvalue weighted by molar-refractivity contribution is 0.507. The number of hydrogen-bond acceptors (Lipinski definition) is 2. The van der Waals surface area contributed by atoms with Gasteiger partial charge in [0.2, 0.25) is 0 Å². The van der Waals surface area contributed by atoms with Gasteiger partial charge < -0.3 is 15.1 Å². The van der Waals surface area contributed by atoms with Crippen LogP contribution in [0, 0.1) is 0 Å². The summed E-state index contributed by atoms with van der Waals surface area (Å²) in [5.41, 5.74) is 1.18. The fourth-order valence-electron chi connectivity index (χ4n) is 1.86. The number of rotatable bonds is 7. The molecule has 2 N–H and O–H groups in total. The van der Waals surface area contributed by atoms with Gasteiger partial charge in [0, 0.05) is 19.5 Å². The Morgan fingerprint density at radius 3 is 2.64 bits per heavy atom. The zero-order valence-electron chi connectivity index (χ0n) is 12.5. The molecule has 0 saturated carbocycles. The summed E-state index contributed by atoms with van der Waals surface area (Å²) in [4.78, 5) is 4.57. The number of aliphatic imine (C=N–C) groups is 1. The summed E-state index contributed by atoms with van der Waals surface area (Å²) < 4.78 is 5.31. The van der Waals surface area contributed by atoms with Gasteiger partial charge in [0.25, 0.3) is 0 Å². The summed E-state index contributed by atoms with van der Waals surface area (Å²) >= 11 is 0. The molecule has 22 heavy (non-hydrogen) atoms. The van der Waals surface area contributed by atoms with Gasteiger partial charge in [-0.15, -0.1) is 30.6 Å². The van der Waals surface area contributed by atoms with Gasteiger partial charge >= 0.3 is 0 Å². The van der Waals surface area contributed by atoms with E-state index in [0.717, 1.165) is 24.7 Å². The van der Waals surface area contributed by atoms with Crippen LogP contribution in [-0.2, 0) is 13.0 Å². The van der Waals surface area contributed by atoms with Crippen molar-refractivity contribution in [1.29, 1.82) is 0 Å². The summed E-state index contributed by atoms with van der Waals surface area (Å²) in [7, 11) is 0. The second-order valence-corrected chi connectivity index (χ2v) is 4.58. The molecule has 0 aliphatic heterocycles. The summed E-state index contributed by atoms with van der Waals surface area (Å²) in [5.74, 6) is 1.75. The van der Waals surface area contributed by atoms with Crippen molar-refractivity contribution >= 4 is 29.9 Å². The fourth-order valence-corrected chi connectivity index (χ4v) is 1.86. The first-order valence-electron chi connectivity index (χ1n) is 7.08. The van der Waals surface area contributed by atoms with Gasteiger partial charge in [-0.1, -0.05) is 36.4 Å². The second kappa shape index (κ2) is 10.9. The van der Waals surface area contributed by atoms with Crippen LogP contribution in [0.4, 0.5) is 0 Å². The van der Waals surface area contributed by atoms with E-state index in [1.807, 2.05) is 36.4 Å². The number of furan rings is 1. The third kappa shape index (κ3) is 6.80. The average molecular weight is 411 g/mol. The highest BCUT2D eigenvalue weighted by Gasteiger charge is 1.99. The zero-order chi connectivity index (χ0) is 14.8. The summed E-state index contributed by atoms with van der Waals surface area (Å²) in [5, 5.41) is 6.50. The van der Waals surface area contributed by atoms with Crippen LogP contribution in [0.25, 0.3) is 0 Å². The van der Waals surface area contributed by atoms with Crippen molar-refractivity contribution in [2.24, 2.45) is 4.99 Å². The smallest absolute Gasteiger partial charge is 0.191 e. The highest BCUT2D eigenvalue weighted by molar-refractivity contribution is 14.0. The quantitative estimate of drug-likeness (QED) is 0.318. The Morgan fingerprint density at radius 1 is 1.14 bits per heavy atom. The van der Waals surface area contributed by atoms with Crippen molar-refractivity contribution in [2.75, 3.05) is 13.1 Å². The Kier molecular flexibility index (Phi) is 9.06. The van der Waals surface area contributed by atoms with Crippen LogP contribution >= 0.6 is 24.0 Å². The van der Waals surface area contributed by atoms with E-state index in [-0.39, 0.29) is 24.0 Å². The Bertz CT molecular complexity index is 553. The summed E-state index contributed by atoms with van der Waals surface area (Å²) in [6, 6.07) is 14.0. The van der Waals surface area contributed by atoms with Crippen LogP contribution in [0.2, 0.25) is 0 Å². The van der Waals surface area contributed by atoms with Crippen molar-refractivity contribution in [1.82, 2.24) is 10.6 Å². The molecule has 1 aromatic carbocycles. The number of nitrogens with one attached hydrogen (secondary N) is 2. The number of halogens is 1. The number of hydrogen-bond donors (Lipinski definition) is 2. The lowest BCUT2D eigenvalue weighted by Gasteiger charge is -2.10. The first-order chi connectivity index (χ1) is 10.4. The van der Waals surface area contributed by atoms with E-state index >= 15 is 0 Å². The third-order valence-corrected chi connectivity index (χ3v) is 2.92. The molecule has 0 aliphatic carbocycles. The molecule has 0 amide bonds. The van der Waals surface area contributed by atoms with E-state index in [1.54, 1.807) is 6.26 Å². The average Bonchev–Trinajstić information content (AvgIpc) is 3.04. The van der Waals surface area contributed by atoms with Crippen molar-refractivity contribution in [3.8, 4) is 0 Å². The molecule has 118 valence electrons. The van der Waals surface area contributed by atoms with E-state index in [4.69, 9.17) is 4.42 Å². The maximum atomic E-state index is 5.31. The molecular formula is C17H22IN3O. The van der Waals surface area contributed by atoms with Gasteiger partial charge in [-0.25, -0.2) is 4.99 Å². The predicted octanol–water partition coefficient (Wildman–Crippen LogP) is 3.36. The molecular weight excluding hydrogens is 389 g/mol. The minimum atomic E-state index is 0. The normalized spacial score (nSPS) is 10.6. The topological polar surface area (TPSA) is 49.6 Å². The van der Waals surface area contributed by atoms with Crippen LogP contribution < -0.4 is 10.6 Å². The molecule has 4 nitrogen and oxygen atoms in total. The van der Waals surface area contributed by atoms with E-state index < -0.39 is 0 Å². The largest absolute Gasteiger partial charge is 0.469 e. The second-order valence-electron chi connectivity index (χ2n) is 4.58. The molecule has 1 heterocycles. The first-order valence-corrected chi connectivity index (χ1v) is 7.08. The highest BCUT2D eigenvalue weighted by Crippen LogP contribution is 2.01. The van der Waals surface area contributed by atoms with Gasteiger partial charge in [0.1, 0.15) is 5.76 Å². The van der Waals surface area contributed by atoms with Crippen LogP contribution in [0.1, 0.15) is 11.3 Å². The SMILES string of the molecule is C=CCNC(=NCc1ccccc1)NCCc1ccco1.I. The fraction of sp³-hybridized carbons (Fsp3) is 0.235. The van der Waals surface area contributed by atoms with Crippen LogP contribution in [0.3, 0.4) is 0 Å². The standard InChI is InChI=1S/C17H21N3O.HI/c1-2-11-18-17(19-12-10-16-9-6-13-21-16)20-14-15-7-4-3-5-8-15;/h2-9,13H,1,10-12,14H2,(H2,18,19,20);1H. The molecule has 5 heteroatoms. The lowest BCUT2D eigenvalue weighted by Crippen LogP contribution is -2.38. The molecule has 1 aromatic heterocycles. The maximum absolute atomic E-state index is 5.31. The Morgan fingerprint density at radius 2 is 1.95 bits per heavy atom. The van der Waals surface area contributed by atoms with E-state index in [1.165, 1.54) is 5.56 Å². The summed E-state index contributed by atoms with van der Waals surface area (Å²) in [6.07, 6.45) is 4.33. The minimum absolute atomic E-state index is 0. The van der Waals surface area contributed by atoms with E-state index in [0.29, 0.717) is 13.1 Å². The minimum Gasteiger partial charge on any atom is -0.469 e. The number of nitrogens with zero attached hydrogens (tertiary/aromatic N) is 1. The monoisotopic (exact) mass is 411 g/mol. The van der Waals surface area contributed by atoms with Gasteiger partial charge in [-0.2, -0.15) is 0 Å². The van der Waals surface area contributed by atoms with Gasteiger partial charge in [-0.3, -0.25) is 0 Å². The maximum Gasteiger partial charge on any atom is 0.191 e. The van der Waals surface area contributed by atoms with Gasteiger partial charge in [0.05, 0.1) is 12.8 Å². The number of benzene rings is 1. The Labute approximate surface area is 148 Å². The van der Waals surface area contributed by atoms with Crippen LogP contribution in [0.5, 0.6) is 0 Å². The molecule has 0 radical (unpaired) electrons. The molecule has 0 spiro atoms. The van der Waals surface area contributed by atoms with E-state index in [2.05, 4.69) is 34.3 Å². The van der Waals surface area contributed by atoms with Gasteiger partial charge in [0.15, 0.2) is 5.96 Å². The Balaban J connectivity index is 0.00000242. The molecule has 0 bridgehead atoms. The molecule has 0 aliphatic rings. The molecule has 0 atom stereocenters. The molecule has 2 rings (SSSR count). The van der Waals surface area contributed by atoms with Crippen molar-refractivity contribution in [3.05, 3.63) is 72.7 Å². The Hall–Kier alpha value is -1.76. The summed E-state index contributed by atoms with van der Waals surface area (Å²) in [6.45, 7) is 5.81. The van der Waals surface area contributed by atoms with Crippen LogP contribution in [-0.4, -0.2) is 19.0 Å². The highest BCUT2D eigenvalue weighted by atomic mass is 127. The zero-order valence-corrected chi connectivity index (χ0v) is 14.8. The van der Waals surface area contributed by atoms with Crippen molar-refractivity contribution in [2.45, 2.75) is 13.0 Å². The first kappa shape index (κ1) is 18.3. The van der Waals surface area contributed by atoms with Crippen LogP contribution in [0.15, 0.2) is 70.8 Å². The third-order valence-electron chi connectivity index (χ3n) is 2.92. The molecule has 0 fully saturated rings. The molecule has 0 saturated heterocycles. The lowest BCUT2D eigenvalue weighted by atomic mass is 10.2. The van der Waals surface area contributed by atoms with E-state index in [9.17, 15) is 0 Å². The number of guanidine groups is 1.